The van der Waals surface area contributed by atoms with Crippen LogP contribution in [-0.4, -0.2) is 45.0 Å². The maximum absolute atomic E-state index is 13.1. The summed E-state index contributed by atoms with van der Waals surface area (Å²) in [4.78, 5) is 17.3. The van der Waals surface area contributed by atoms with Crippen molar-refractivity contribution in [3.8, 4) is 0 Å². The van der Waals surface area contributed by atoms with Crippen LogP contribution in [0.4, 0.5) is 0 Å². The fourth-order valence-electron chi connectivity index (χ4n) is 3.92. The highest BCUT2D eigenvalue weighted by Crippen LogP contribution is 2.28. The summed E-state index contributed by atoms with van der Waals surface area (Å²) in [7, 11) is 0. The van der Waals surface area contributed by atoms with Crippen molar-refractivity contribution in [3.05, 3.63) is 59.0 Å². The van der Waals surface area contributed by atoms with Gasteiger partial charge in [0.25, 0.3) is 0 Å². The molecular weight excluding hydrogens is 438 g/mol. The van der Waals surface area contributed by atoms with Crippen LogP contribution in [0.15, 0.2) is 64.0 Å². The first-order chi connectivity index (χ1) is 15.8. The Morgan fingerprint density at radius 1 is 1.39 bits per heavy atom. The summed E-state index contributed by atoms with van der Waals surface area (Å²) in [6, 6.07) is -0.314. The molecule has 6 nitrogen and oxygen atoms in total. The Kier molecular flexibility index (Phi) is 10.8. The van der Waals surface area contributed by atoms with Crippen LogP contribution in [0.2, 0.25) is 0 Å². The number of rotatable bonds is 8. The van der Waals surface area contributed by atoms with Gasteiger partial charge in [0.15, 0.2) is 0 Å². The van der Waals surface area contributed by atoms with Crippen LogP contribution in [0.3, 0.4) is 0 Å². The zero-order chi connectivity index (χ0) is 24.4. The SMILES string of the molecule is C=C1CC(=CC=CC)C(CCC(C)C=NC(Cl)=CC)=CC(C(=O)NC2CCCCC2O)=[N+]1O. The molecule has 33 heavy (non-hydrogen) atoms. The van der Waals surface area contributed by atoms with Crippen molar-refractivity contribution in [2.24, 2.45) is 10.9 Å². The van der Waals surface area contributed by atoms with Gasteiger partial charge in [0.05, 0.1) is 18.6 Å². The minimum atomic E-state index is -0.567. The number of hydrogen-bond acceptors (Lipinski definition) is 4. The van der Waals surface area contributed by atoms with Crippen molar-refractivity contribution in [2.75, 3.05) is 0 Å². The third-order valence-electron chi connectivity index (χ3n) is 5.97. The van der Waals surface area contributed by atoms with E-state index in [2.05, 4.69) is 23.8 Å². The van der Waals surface area contributed by atoms with Gasteiger partial charge in [-0.2, -0.15) is 0 Å². The number of hydrogen-bond donors (Lipinski definition) is 3. The molecule has 1 heterocycles. The van der Waals surface area contributed by atoms with Crippen molar-refractivity contribution < 1.29 is 19.8 Å². The molecule has 3 atom stereocenters. The first-order valence-corrected chi connectivity index (χ1v) is 12.1. The van der Waals surface area contributed by atoms with E-state index < -0.39 is 12.0 Å². The Hall–Kier alpha value is -2.44. The van der Waals surface area contributed by atoms with E-state index in [1.54, 1.807) is 12.2 Å². The maximum atomic E-state index is 13.1. The number of aliphatic hydroxyl groups is 1. The highest BCUT2D eigenvalue weighted by atomic mass is 35.5. The van der Waals surface area contributed by atoms with Gasteiger partial charge in [-0.25, -0.2) is 4.99 Å². The molecule has 0 aromatic rings. The number of halogens is 1. The standard InChI is InChI=1S/C26H36ClN3O3/c1-5-7-10-20-15-19(4)30(33)23(26(32)29-22-11-8-9-12-24(22)31)16-21(20)14-13-18(3)17-28-25(27)6-2/h5-7,10,16-18,22,24,31H,4,8-9,11-15H2,1-3H3,(H-,29,32,33)/p+1. The van der Waals surface area contributed by atoms with Gasteiger partial charge in [-0.15, -0.1) is 0 Å². The van der Waals surface area contributed by atoms with Crippen LogP contribution in [0.25, 0.3) is 0 Å². The molecule has 3 unspecified atom stereocenters. The van der Waals surface area contributed by atoms with Crippen molar-refractivity contribution in [1.82, 2.24) is 5.32 Å². The zero-order valence-corrected chi connectivity index (χ0v) is 20.7. The lowest BCUT2D eigenvalue weighted by molar-refractivity contribution is -0.737. The first-order valence-electron chi connectivity index (χ1n) is 11.7. The molecule has 2 rings (SSSR count). The molecule has 7 heteroatoms. The van der Waals surface area contributed by atoms with Crippen LogP contribution in [0.1, 0.15) is 65.7 Å². The summed E-state index contributed by atoms with van der Waals surface area (Å²) in [6.07, 6.45) is 15.8. The summed E-state index contributed by atoms with van der Waals surface area (Å²) in [5.41, 5.74) is 2.49. The van der Waals surface area contributed by atoms with Gasteiger partial charge in [-0.3, -0.25) is 10.0 Å². The topological polar surface area (TPSA) is 84.9 Å². The quantitative estimate of drug-likeness (QED) is 0.196. The molecule has 1 aliphatic heterocycles. The first kappa shape index (κ1) is 26.8. The lowest BCUT2D eigenvalue weighted by Gasteiger charge is -2.27. The average molecular weight is 475 g/mol. The van der Waals surface area contributed by atoms with Crippen LogP contribution >= 0.6 is 11.6 Å². The lowest BCUT2D eigenvalue weighted by Crippen LogP contribution is -2.48. The number of nitrogens with zero attached hydrogens (tertiary/aromatic N) is 2. The molecule has 1 amide bonds. The van der Waals surface area contributed by atoms with E-state index in [4.69, 9.17) is 11.6 Å². The molecule has 2 aliphatic rings. The molecule has 1 saturated carbocycles. The van der Waals surface area contributed by atoms with Crippen LogP contribution in [0, 0.1) is 5.92 Å². The molecule has 0 aromatic heterocycles. The van der Waals surface area contributed by atoms with E-state index in [-0.39, 0.29) is 17.7 Å². The summed E-state index contributed by atoms with van der Waals surface area (Å²) >= 11 is 5.96. The summed E-state index contributed by atoms with van der Waals surface area (Å²) in [5, 5.41) is 24.4. The number of allylic oxidation sites excluding steroid dienone is 6. The van der Waals surface area contributed by atoms with Gasteiger partial charge in [0, 0.05) is 17.0 Å². The van der Waals surface area contributed by atoms with Crippen molar-refractivity contribution in [2.45, 2.75) is 77.9 Å². The molecule has 0 aromatic carbocycles. The predicted octanol–water partition coefficient (Wildman–Crippen LogP) is 5.18. The molecule has 180 valence electrons. The van der Waals surface area contributed by atoms with E-state index in [1.807, 2.05) is 38.3 Å². The van der Waals surface area contributed by atoms with Crippen molar-refractivity contribution in [1.29, 1.82) is 0 Å². The number of hydroxylamine groups is 1. The van der Waals surface area contributed by atoms with Gasteiger partial charge in [0.2, 0.25) is 5.70 Å². The summed E-state index contributed by atoms with van der Waals surface area (Å²) in [5.74, 6) is -0.238. The Labute approximate surface area is 202 Å². The highest BCUT2D eigenvalue weighted by molar-refractivity contribution is 6.41. The van der Waals surface area contributed by atoms with Gasteiger partial charge in [-0.05, 0) is 63.2 Å². The van der Waals surface area contributed by atoms with E-state index in [0.29, 0.717) is 30.1 Å². The van der Waals surface area contributed by atoms with Crippen molar-refractivity contribution in [3.63, 3.8) is 0 Å². The monoisotopic (exact) mass is 474 g/mol. The molecule has 0 bridgehead atoms. The second-order valence-corrected chi connectivity index (χ2v) is 9.05. The van der Waals surface area contributed by atoms with E-state index in [0.717, 1.165) is 41.6 Å². The lowest BCUT2D eigenvalue weighted by atomic mass is 9.92. The molecule has 1 aliphatic carbocycles. The third kappa shape index (κ3) is 8.13. The minimum Gasteiger partial charge on any atom is -0.391 e. The Morgan fingerprint density at radius 3 is 2.79 bits per heavy atom. The number of nitrogens with one attached hydrogen (secondary N) is 1. The molecule has 3 N–H and O–H groups in total. The molecule has 0 spiro atoms. The zero-order valence-electron chi connectivity index (χ0n) is 19.9. The van der Waals surface area contributed by atoms with E-state index in [9.17, 15) is 15.1 Å². The molecule has 0 radical (unpaired) electrons. The average Bonchev–Trinajstić information content (AvgIpc) is 2.92. The summed E-state index contributed by atoms with van der Waals surface area (Å²) < 4.78 is 0.873. The number of aliphatic hydroxyl groups excluding tert-OH is 1. The fourth-order valence-corrected chi connectivity index (χ4v) is 3.98. The molecule has 1 fully saturated rings. The van der Waals surface area contributed by atoms with Gasteiger partial charge >= 0.3 is 11.6 Å². The predicted molar refractivity (Wildman–Crippen MR) is 135 cm³/mol. The normalized spacial score (nSPS) is 25.0. The van der Waals surface area contributed by atoms with Crippen LogP contribution in [-0.2, 0) is 4.79 Å². The van der Waals surface area contributed by atoms with Crippen molar-refractivity contribution >= 4 is 29.4 Å². The Bertz CT molecular complexity index is 912. The van der Waals surface area contributed by atoms with Gasteiger partial charge < -0.3 is 10.4 Å². The highest BCUT2D eigenvalue weighted by Gasteiger charge is 2.33. The van der Waals surface area contributed by atoms with Gasteiger partial charge in [0.1, 0.15) is 5.16 Å². The van der Waals surface area contributed by atoms with Crippen LogP contribution in [0.5, 0.6) is 0 Å². The minimum absolute atomic E-state index is 0.120. The fraction of sp³-hybridized carbons (Fsp3) is 0.500. The van der Waals surface area contributed by atoms with E-state index in [1.165, 1.54) is 0 Å². The maximum Gasteiger partial charge on any atom is 0.321 e. The van der Waals surface area contributed by atoms with E-state index >= 15 is 0 Å². The number of amides is 1. The summed E-state index contributed by atoms with van der Waals surface area (Å²) in [6.45, 7) is 9.82. The largest absolute Gasteiger partial charge is 0.391 e. The van der Waals surface area contributed by atoms with Gasteiger partial charge in [-0.1, -0.05) is 55.7 Å². The second-order valence-electron chi connectivity index (χ2n) is 8.66. The number of aliphatic imine (C=N–C) groups is 1. The third-order valence-corrected chi connectivity index (χ3v) is 6.29. The Morgan fingerprint density at radius 2 is 2.12 bits per heavy atom. The second kappa shape index (κ2) is 13.3. The number of carbonyl (C=O) groups excluding carboxylic acids is 1. The van der Waals surface area contributed by atoms with Crippen LogP contribution < -0.4 is 5.32 Å². The molecular formula is C26H37ClN3O3+. The Balaban J connectivity index is 2.30. The molecule has 0 saturated heterocycles. The number of carbonyl (C=O) groups is 1. The smallest absolute Gasteiger partial charge is 0.321 e.